The molecule has 2 aliphatic rings. The van der Waals surface area contributed by atoms with E-state index in [0.29, 0.717) is 11.8 Å². The highest BCUT2D eigenvalue weighted by molar-refractivity contribution is 5.98. The van der Waals surface area contributed by atoms with Crippen molar-refractivity contribution < 1.29 is 9.53 Å². The fraction of sp³-hybridized carbons (Fsp3) is 0.500. The van der Waals surface area contributed by atoms with Crippen molar-refractivity contribution in [3.63, 3.8) is 0 Å². The molecule has 0 aliphatic carbocycles. The summed E-state index contributed by atoms with van der Waals surface area (Å²) in [5.74, 6) is 0.986. The number of benzene rings is 1. The first-order chi connectivity index (χ1) is 11.3. The van der Waals surface area contributed by atoms with Crippen molar-refractivity contribution in [3.8, 4) is 0 Å². The van der Waals surface area contributed by atoms with E-state index in [1.165, 1.54) is 7.11 Å². The summed E-state index contributed by atoms with van der Waals surface area (Å²) < 4.78 is 4.79. The second-order valence-corrected chi connectivity index (χ2v) is 5.80. The summed E-state index contributed by atoms with van der Waals surface area (Å²) in [6.07, 6.45) is 2.42. The van der Waals surface area contributed by atoms with Crippen LogP contribution in [0.25, 0.3) is 0 Å². The molecule has 7 heteroatoms. The number of nitrogens with one attached hydrogen (secondary N) is 2. The Morgan fingerprint density at radius 2 is 2.04 bits per heavy atom. The maximum atomic E-state index is 11.7. The second kappa shape index (κ2) is 7.32. The van der Waals surface area contributed by atoms with E-state index in [0.717, 1.165) is 38.2 Å². The zero-order chi connectivity index (χ0) is 16.1. The normalized spacial score (nSPS) is 18.6. The minimum atomic E-state index is -0.282. The van der Waals surface area contributed by atoms with E-state index < -0.39 is 0 Å². The van der Waals surface area contributed by atoms with Crippen LogP contribution in [0.3, 0.4) is 0 Å². The van der Waals surface area contributed by atoms with Crippen LogP contribution < -0.4 is 16.0 Å². The Labute approximate surface area is 136 Å². The SMILES string of the molecule is COC(=O)CC1=NNN(c2ccccc2)N1CC1CCNCC1. The van der Waals surface area contributed by atoms with Gasteiger partial charge in [-0.15, -0.1) is 5.10 Å². The van der Waals surface area contributed by atoms with Gasteiger partial charge in [-0.25, -0.2) is 5.01 Å². The van der Waals surface area contributed by atoms with Crippen LogP contribution in [0, 0.1) is 5.92 Å². The number of hydrogen-bond acceptors (Lipinski definition) is 7. The molecule has 0 saturated carbocycles. The summed E-state index contributed by atoms with van der Waals surface area (Å²) in [6, 6.07) is 9.97. The number of ether oxygens (including phenoxy) is 1. The Morgan fingerprint density at radius 1 is 1.30 bits per heavy atom. The van der Waals surface area contributed by atoms with Crippen LogP contribution in [0.2, 0.25) is 0 Å². The maximum absolute atomic E-state index is 11.7. The maximum Gasteiger partial charge on any atom is 0.313 e. The van der Waals surface area contributed by atoms with Crippen LogP contribution >= 0.6 is 0 Å². The quantitative estimate of drug-likeness (QED) is 0.793. The molecule has 23 heavy (non-hydrogen) atoms. The molecule has 1 saturated heterocycles. The number of methoxy groups -OCH3 is 1. The smallest absolute Gasteiger partial charge is 0.313 e. The summed E-state index contributed by atoms with van der Waals surface area (Å²) in [7, 11) is 1.40. The van der Waals surface area contributed by atoms with Gasteiger partial charge in [0, 0.05) is 6.54 Å². The Balaban J connectivity index is 1.75. The molecule has 0 amide bonds. The Bertz CT molecular complexity index is 557. The van der Waals surface area contributed by atoms with Crippen molar-refractivity contribution in [2.75, 3.05) is 31.9 Å². The third kappa shape index (κ3) is 3.73. The van der Waals surface area contributed by atoms with Gasteiger partial charge in [0.15, 0.2) is 5.84 Å². The number of anilines is 1. The van der Waals surface area contributed by atoms with E-state index in [4.69, 9.17) is 4.74 Å². The van der Waals surface area contributed by atoms with Gasteiger partial charge < -0.3 is 10.1 Å². The molecule has 2 heterocycles. The Hall–Kier alpha value is -2.28. The fourth-order valence-corrected chi connectivity index (χ4v) is 2.93. The fourth-order valence-electron chi connectivity index (χ4n) is 2.93. The number of hydrazine groups is 2. The van der Waals surface area contributed by atoms with Crippen LogP contribution in [-0.4, -0.2) is 43.6 Å². The van der Waals surface area contributed by atoms with Crippen molar-refractivity contribution in [1.82, 2.24) is 15.9 Å². The topological polar surface area (TPSA) is 69.2 Å². The number of para-hydroxylation sites is 1. The molecule has 1 fully saturated rings. The average Bonchev–Trinajstić information content (AvgIpc) is 2.99. The third-order valence-electron chi connectivity index (χ3n) is 4.23. The molecule has 124 valence electrons. The third-order valence-corrected chi connectivity index (χ3v) is 4.23. The monoisotopic (exact) mass is 317 g/mol. The molecule has 0 bridgehead atoms. The van der Waals surface area contributed by atoms with Crippen molar-refractivity contribution >= 4 is 17.5 Å². The lowest BCUT2D eigenvalue weighted by Crippen LogP contribution is -2.49. The van der Waals surface area contributed by atoms with Crippen molar-refractivity contribution in [2.24, 2.45) is 11.0 Å². The largest absolute Gasteiger partial charge is 0.469 e. The standard InChI is InChI=1S/C16H23N5O2/c1-23-16(22)11-15-18-19-21(14-5-3-2-4-6-14)20(15)12-13-7-9-17-10-8-13/h2-6,13,17,19H,7-12H2,1H3. The van der Waals surface area contributed by atoms with Gasteiger partial charge in [-0.05, 0) is 44.0 Å². The van der Waals surface area contributed by atoms with Gasteiger partial charge in [-0.2, -0.15) is 10.7 Å². The number of carbonyl (C=O) groups is 1. The van der Waals surface area contributed by atoms with Crippen LogP contribution in [-0.2, 0) is 9.53 Å². The van der Waals surface area contributed by atoms with Gasteiger partial charge >= 0.3 is 5.97 Å². The molecular weight excluding hydrogens is 294 g/mol. The van der Waals surface area contributed by atoms with E-state index in [9.17, 15) is 4.79 Å². The van der Waals surface area contributed by atoms with Crippen LogP contribution in [0.15, 0.2) is 35.4 Å². The van der Waals surface area contributed by atoms with Crippen molar-refractivity contribution in [2.45, 2.75) is 19.3 Å². The van der Waals surface area contributed by atoms with Gasteiger partial charge in [0.2, 0.25) is 0 Å². The number of piperidine rings is 1. The van der Waals surface area contributed by atoms with E-state index in [1.807, 2.05) is 35.4 Å². The molecule has 3 rings (SSSR count). The first-order valence-corrected chi connectivity index (χ1v) is 8.00. The van der Waals surface area contributed by atoms with Gasteiger partial charge in [0.05, 0.1) is 12.8 Å². The summed E-state index contributed by atoms with van der Waals surface area (Å²) in [5.41, 5.74) is 4.01. The number of carbonyl (C=O) groups excluding carboxylic acids is 1. The molecule has 0 spiro atoms. The van der Waals surface area contributed by atoms with E-state index in [-0.39, 0.29) is 12.4 Å². The van der Waals surface area contributed by atoms with E-state index >= 15 is 0 Å². The highest BCUT2D eigenvalue weighted by Gasteiger charge is 2.30. The van der Waals surface area contributed by atoms with Gasteiger partial charge in [-0.3, -0.25) is 4.79 Å². The van der Waals surface area contributed by atoms with Gasteiger partial charge in [-0.1, -0.05) is 18.2 Å². The Morgan fingerprint density at radius 3 is 2.74 bits per heavy atom. The summed E-state index contributed by atoms with van der Waals surface area (Å²) >= 11 is 0. The molecule has 2 N–H and O–H groups in total. The van der Waals surface area contributed by atoms with Crippen molar-refractivity contribution in [3.05, 3.63) is 30.3 Å². The zero-order valence-corrected chi connectivity index (χ0v) is 13.4. The number of nitrogens with zero attached hydrogens (tertiary/aromatic N) is 3. The lowest BCUT2D eigenvalue weighted by atomic mass is 9.98. The second-order valence-electron chi connectivity index (χ2n) is 5.80. The highest BCUT2D eigenvalue weighted by Crippen LogP contribution is 2.22. The zero-order valence-electron chi connectivity index (χ0n) is 13.4. The predicted octanol–water partition coefficient (Wildman–Crippen LogP) is 1.10. The van der Waals surface area contributed by atoms with Crippen LogP contribution in [0.4, 0.5) is 5.69 Å². The number of esters is 1. The molecular formula is C16H23N5O2. The summed E-state index contributed by atoms with van der Waals surface area (Å²) in [6.45, 7) is 2.92. The van der Waals surface area contributed by atoms with Crippen LogP contribution in [0.1, 0.15) is 19.3 Å². The summed E-state index contributed by atoms with van der Waals surface area (Å²) in [5, 5.41) is 11.7. The molecule has 1 aromatic carbocycles. The highest BCUT2D eigenvalue weighted by atomic mass is 16.5. The number of hydrogen-bond donors (Lipinski definition) is 2. The van der Waals surface area contributed by atoms with E-state index in [2.05, 4.69) is 21.0 Å². The minimum Gasteiger partial charge on any atom is -0.469 e. The number of hydrazone groups is 1. The van der Waals surface area contributed by atoms with Gasteiger partial charge in [0.25, 0.3) is 0 Å². The van der Waals surface area contributed by atoms with Gasteiger partial charge in [0.1, 0.15) is 6.42 Å². The molecule has 0 atom stereocenters. The average molecular weight is 317 g/mol. The molecule has 7 nitrogen and oxygen atoms in total. The lowest BCUT2D eigenvalue weighted by molar-refractivity contribution is -0.139. The molecule has 2 aliphatic heterocycles. The Kier molecular flexibility index (Phi) is 4.97. The molecule has 0 unspecified atom stereocenters. The molecule has 0 radical (unpaired) electrons. The molecule has 0 aromatic heterocycles. The number of amidine groups is 1. The van der Waals surface area contributed by atoms with Crippen LogP contribution in [0.5, 0.6) is 0 Å². The minimum absolute atomic E-state index is 0.164. The first-order valence-electron chi connectivity index (χ1n) is 8.00. The molecule has 1 aromatic rings. The van der Waals surface area contributed by atoms with Crippen molar-refractivity contribution in [1.29, 1.82) is 0 Å². The number of rotatable bonds is 5. The summed E-state index contributed by atoms with van der Waals surface area (Å²) in [4.78, 5) is 11.7. The van der Waals surface area contributed by atoms with E-state index in [1.54, 1.807) is 0 Å². The predicted molar refractivity (Wildman–Crippen MR) is 88.4 cm³/mol. The lowest BCUT2D eigenvalue weighted by Gasteiger charge is -2.34. The first kappa shape index (κ1) is 15.6.